The summed E-state index contributed by atoms with van der Waals surface area (Å²) in [5, 5.41) is 3.01. The van der Waals surface area contributed by atoms with Crippen LogP contribution in [0.25, 0.3) is 11.3 Å². The molecular formula is C19H25NO3. The van der Waals surface area contributed by atoms with E-state index >= 15 is 0 Å². The highest BCUT2D eigenvalue weighted by Crippen LogP contribution is 2.24. The SMILES string of the molecule is CCCC(C)NC(=O)CCc1ccc(-c2ccc(OC)cc2)o1. The van der Waals surface area contributed by atoms with Crippen molar-refractivity contribution in [2.24, 2.45) is 0 Å². The maximum absolute atomic E-state index is 11.9. The molecule has 0 saturated heterocycles. The van der Waals surface area contributed by atoms with Gasteiger partial charge in [0.05, 0.1) is 7.11 Å². The Morgan fingerprint density at radius 1 is 1.22 bits per heavy atom. The number of aryl methyl sites for hydroxylation is 1. The summed E-state index contributed by atoms with van der Waals surface area (Å²) in [6.45, 7) is 4.16. The van der Waals surface area contributed by atoms with E-state index in [-0.39, 0.29) is 11.9 Å². The number of methoxy groups -OCH3 is 1. The zero-order valence-corrected chi connectivity index (χ0v) is 14.1. The van der Waals surface area contributed by atoms with Gasteiger partial charge in [0.25, 0.3) is 0 Å². The molecule has 2 aromatic rings. The number of carbonyl (C=O) groups excluding carboxylic acids is 1. The Kier molecular flexibility index (Phi) is 6.27. The van der Waals surface area contributed by atoms with E-state index in [2.05, 4.69) is 12.2 Å². The Hall–Kier alpha value is -2.23. The van der Waals surface area contributed by atoms with Gasteiger partial charge in [-0.25, -0.2) is 0 Å². The smallest absolute Gasteiger partial charge is 0.220 e. The minimum absolute atomic E-state index is 0.0772. The molecule has 2 rings (SSSR count). The molecule has 1 amide bonds. The number of ether oxygens (including phenoxy) is 1. The van der Waals surface area contributed by atoms with Crippen LogP contribution in [0.3, 0.4) is 0 Å². The van der Waals surface area contributed by atoms with Crippen molar-refractivity contribution in [3.05, 3.63) is 42.2 Å². The molecule has 124 valence electrons. The van der Waals surface area contributed by atoms with Crippen LogP contribution in [0.15, 0.2) is 40.8 Å². The highest BCUT2D eigenvalue weighted by molar-refractivity contribution is 5.76. The average Bonchev–Trinajstić information content (AvgIpc) is 3.02. The molecule has 1 heterocycles. The van der Waals surface area contributed by atoms with Crippen molar-refractivity contribution in [2.45, 2.75) is 45.6 Å². The van der Waals surface area contributed by atoms with Crippen molar-refractivity contribution >= 4 is 5.91 Å². The van der Waals surface area contributed by atoms with Gasteiger partial charge in [-0.15, -0.1) is 0 Å². The summed E-state index contributed by atoms with van der Waals surface area (Å²) in [4.78, 5) is 11.9. The van der Waals surface area contributed by atoms with Crippen molar-refractivity contribution in [3.8, 4) is 17.1 Å². The number of nitrogens with one attached hydrogen (secondary N) is 1. The molecule has 1 unspecified atom stereocenters. The third-order valence-electron chi connectivity index (χ3n) is 3.76. The number of amides is 1. The maximum atomic E-state index is 11.9. The summed E-state index contributed by atoms with van der Waals surface area (Å²) in [6, 6.07) is 11.8. The Morgan fingerprint density at radius 2 is 1.96 bits per heavy atom. The number of rotatable bonds is 8. The van der Waals surface area contributed by atoms with Crippen LogP contribution in [0, 0.1) is 0 Å². The normalized spacial score (nSPS) is 12.0. The second-order valence-corrected chi connectivity index (χ2v) is 5.75. The van der Waals surface area contributed by atoms with Crippen LogP contribution < -0.4 is 10.1 Å². The molecule has 1 aromatic heterocycles. The largest absolute Gasteiger partial charge is 0.497 e. The van der Waals surface area contributed by atoms with E-state index in [1.165, 1.54) is 0 Å². The van der Waals surface area contributed by atoms with Gasteiger partial charge < -0.3 is 14.5 Å². The Bertz CT molecular complexity index is 616. The predicted octanol–water partition coefficient (Wildman–Crippen LogP) is 4.19. The molecule has 0 aliphatic rings. The van der Waals surface area contributed by atoms with Gasteiger partial charge in [0, 0.05) is 24.4 Å². The molecule has 0 aliphatic carbocycles. The topological polar surface area (TPSA) is 51.5 Å². The van der Waals surface area contributed by atoms with Crippen LogP contribution in [0.1, 0.15) is 38.9 Å². The predicted molar refractivity (Wildman–Crippen MR) is 91.5 cm³/mol. The van der Waals surface area contributed by atoms with E-state index < -0.39 is 0 Å². The molecule has 4 nitrogen and oxygen atoms in total. The standard InChI is InChI=1S/C19H25NO3/c1-4-5-14(2)20-19(21)13-11-17-10-12-18(23-17)15-6-8-16(22-3)9-7-15/h6-10,12,14H,4-5,11,13H2,1-3H3,(H,20,21). The molecule has 0 bridgehead atoms. The van der Waals surface area contributed by atoms with Gasteiger partial charge in [0.2, 0.25) is 5.91 Å². The van der Waals surface area contributed by atoms with Gasteiger partial charge in [-0.05, 0) is 49.7 Å². The lowest BCUT2D eigenvalue weighted by Crippen LogP contribution is -2.32. The lowest BCUT2D eigenvalue weighted by molar-refractivity contribution is -0.121. The minimum Gasteiger partial charge on any atom is -0.497 e. The van der Waals surface area contributed by atoms with Crippen LogP contribution in [0.2, 0.25) is 0 Å². The molecule has 1 aromatic carbocycles. The molecule has 1 atom stereocenters. The van der Waals surface area contributed by atoms with Crippen molar-refractivity contribution in [1.82, 2.24) is 5.32 Å². The lowest BCUT2D eigenvalue weighted by Gasteiger charge is -2.12. The van der Waals surface area contributed by atoms with E-state index in [1.54, 1.807) is 7.11 Å². The zero-order chi connectivity index (χ0) is 16.7. The van der Waals surface area contributed by atoms with E-state index in [0.717, 1.165) is 35.7 Å². The van der Waals surface area contributed by atoms with Crippen LogP contribution in [-0.4, -0.2) is 19.1 Å². The van der Waals surface area contributed by atoms with Gasteiger partial charge in [0.15, 0.2) is 0 Å². The minimum atomic E-state index is 0.0772. The molecular weight excluding hydrogens is 290 g/mol. The van der Waals surface area contributed by atoms with E-state index in [9.17, 15) is 4.79 Å². The van der Waals surface area contributed by atoms with Crippen LogP contribution in [-0.2, 0) is 11.2 Å². The second kappa shape index (κ2) is 8.42. The molecule has 0 radical (unpaired) electrons. The van der Waals surface area contributed by atoms with Crippen molar-refractivity contribution in [3.63, 3.8) is 0 Å². The fourth-order valence-electron chi connectivity index (χ4n) is 2.51. The van der Waals surface area contributed by atoms with E-state index in [4.69, 9.17) is 9.15 Å². The third kappa shape index (κ3) is 5.16. The van der Waals surface area contributed by atoms with Crippen LogP contribution in [0.5, 0.6) is 5.75 Å². The summed E-state index contributed by atoms with van der Waals surface area (Å²) < 4.78 is 11.0. The first kappa shape index (κ1) is 17.1. The Morgan fingerprint density at radius 3 is 2.61 bits per heavy atom. The number of hydrogen-bond acceptors (Lipinski definition) is 3. The first-order valence-electron chi connectivity index (χ1n) is 8.15. The molecule has 23 heavy (non-hydrogen) atoms. The van der Waals surface area contributed by atoms with Crippen molar-refractivity contribution in [1.29, 1.82) is 0 Å². The highest BCUT2D eigenvalue weighted by Gasteiger charge is 2.09. The van der Waals surface area contributed by atoms with Gasteiger partial charge >= 0.3 is 0 Å². The number of benzene rings is 1. The molecule has 0 saturated carbocycles. The third-order valence-corrected chi connectivity index (χ3v) is 3.76. The quantitative estimate of drug-likeness (QED) is 0.794. The zero-order valence-electron chi connectivity index (χ0n) is 14.1. The van der Waals surface area contributed by atoms with Crippen LogP contribution >= 0.6 is 0 Å². The summed E-state index contributed by atoms with van der Waals surface area (Å²) in [6.07, 6.45) is 3.14. The van der Waals surface area contributed by atoms with Gasteiger partial charge in [-0.2, -0.15) is 0 Å². The number of hydrogen-bond donors (Lipinski definition) is 1. The van der Waals surface area contributed by atoms with Gasteiger partial charge in [-0.1, -0.05) is 13.3 Å². The van der Waals surface area contributed by atoms with Gasteiger partial charge in [-0.3, -0.25) is 4.79 Å². The summed E-state index contributed by atoms with van der Waals surface area (Å²) in [5.74, 6) is 2.53. The lowest BCUT2D eigenvalue weighted by atomic mass is 10.1. The Labute approximate surface area is 137 Å². The fraction of sp³-hybridized carbons (Fsp3) is 0.421. The second-order valence-electron chi connectivity index (χ2n) is 5.75. The number of furan rings is 1. The van der Waals surface area contributed by atoms with E-state index in [1.807, 2.05) is 43.3 Å². The molecule has 1 N–H and O–H groups in total. The molecule has 0 spiro atoms. The Balaban J connectivity index is 1.88. The maximum Gasteiger partial charge on any atom is 0.220 e. The molecule has 0 fully saturated rings. The highest BCUT2D eigenvalue weighted by atomic mass is 16.5. The van der Waals surface area contributed by atoms with Gasteiger partial charge in [0.1, 0.15) is 17.3 Å². The average molecular weight is 315 g/mol. The fourth-order valence-corrected chi connectivity index (χ4v) is 2.51. The van der Waals surface area contributed by atoms with Crippen LogP contribution in [0.4, 0.5) is 0 Å². The van der Waals surface area contributed by atoms with Crippen molar-refractivity contribution < 1.29 is 13.9 Å². The summed E-state index contributed by atoms with van der Waals surface area (Å²) in [7, 11) is 1.65. The van der Waals surface area contributed by atoms with Crippen molar-refractivity contribution in [2.75, 3.05) is 7.11 Å². The first-order chi connectivity index (χ1) is 11.1. The van der Waals surface area contributed by atoms with E-state index in [0.29, 0.717) is 12.8 Å². The molecule has 0 aliphatic heterocycles. The monoisotopic (exact) mass is 315 g/mol. The summed E-state index contributed by atoms with van der Waals surface area (Å²) in [5.41, 5.74) is 0.998. The summed E-state index contributed by atoms with van der Waals surface area (Å²) >= 11 is 0. The number of carbonyl (C=O) groups is 1. The molecule has 4 heteroatoms. The first-order valence-corrected chi connectivity index (χ1v) is 8.15.